The second-order valence-electron chi connectivity index (χ2n) is 5.14. The maximum absolute atomic E-state index is 11.3. The van der Waals surface area contributed by atoms with Crippen LogP contribution < -0.4 is 5.32 Å². The molecule has 0 saturated carbocycles. The fourth-order valence-corrected chi connectivity index (χ4v) is 1.88. The van der Waals surface area contributed by atoms with Gasteiger partial charge in [-0.1, -0.05) is 26.0 Å². The lowest BCUT2D eigenvalue weighted by Crippen LogP contribution is -2.35. The van der Waals surface area contributed by atoms with E-state index in [1.807, 2.05) is 6.07 Å². The fraction of sp³-hybridized carbons (Fsp3) is 0.467. The van der Waals surface area contributed by atoms with E-state index in [1.54, 1.807) is 18.2 Å². The number of carbonyl (C=O) groups excluding carboxylic acids is 2. The van der Waals surface area contributed by atoms with Gasteiger partial charge in [0.15, 0.2) is 0 Å². The van der Waals surface area contributed by atoms with E-state index in [4.69, 9.17) is 0 Å². The van der Waals surface area contributed by atoms with E-state index in [0.29, 0.717) is 12.5 Å². The SMILES string of the molecule is CC(=O)C(=O)NCC(Cc1cccc(O)c1)C(C)C. The van der Waals surface area contributed by atoms with E-state index in [0.717, 1.165) is 12.0 Å². The van der Waals surface area contributed by atoms with Crippen LogP contribution in [-0.4, -0.2) is 23.3 Å². The zero-order chi connectivity index (χ0) is 14.4. The number of ketones is 1. The fourth-order valence-electron chi connectivity index (χ4n) is 1.88. The number of phenols is 1. The highest BCUT2D eigenvalue weighted by Crippen LogP contribution is 2.19. The minimum Gasteiger partial charge on any atom is -0.508 e. The highest BCUT2D eigenvalue weighted by Gasteiger charge is 2.16. The van der Waals surface area contributed by atoms with Gasteiger partial charge in [0.25, 0.3) is 5.91 Å². The Labute approximate surface area is 113 Å². The number of Topliss-reactive ketones (excluding diaryl/α,β-unsaturated/α-hetero) is 1. The Morgan fingerprint density at radius 3 is 2.53 bits per heavy atom. The summed E-state index contributed by atoms with van der Waals surface area (Å²) in [5.74, 6) is -0.172. The van der Waals surface area contributed by atoms with Crippen molar-refractivity contribution in [3.8, 4) is 5.75 Å². The molecule has 1 aromatic rings. The average Bonchev–Trinajstić information content (AvgIpc) is 2.33. The molecule has 1 unspecified atom stereocenters. The number of nitrogens with one attached hydrogen (secondary N) is 1. The molecule has 1 amide bonds. The third-order valence-corrected chi connectivity index (χ3v) is 3.20. The summed E-state index contributed by atoms with van der Waals surface area (Å²) >= 11 is 0. The summed E-state index contributed by atoms with van der Waals surface area (Å²) in [6.07, 6.45) is 0.754. The molecule has 0 aliphatic heterocycles. The number of amides is 1. The Morgan fingerprint density at radius 1 is 1.32 bits per heavy atom. The van der Waals surface area contributed by atoms with Crippen LogP contribution in [-0.2, 0) is 16.0 Å². The highest BCUT2D eigenvalue weighted by atomic mass is 16.3. The van der Waals surface area contributed by atoms with E-state index in [2.05, 4.69) is 19.2 Å². The Balaban J connectivity index is 2.63. The normalized spacial score (nSPS) is 12.2. The van der Waals surface area contributed by atoms with Crippen molar-refractivity contribution in [1.29, 1.82) is 0 Å². The molecule has 2 N–H and O–H groups in total. The first-order chi connectivity index (χ1) is 8.90. The number of phenolic OH excluding ortho intramolecular Hbond substituents is 1. The van der Waals surface area contributed by atoms with Crippen LogP contribution in [0.5, 0.6) is 5.75 Å². The molecular weight excluding hydrogens is 242 g/mol. The van der Waals surface area contributed by atoms with Crippen molar-refractivity contribution in [2.24, 2.45) is 11.8 Å². The standard InChI is InChI=1S/C15H21NO3/c1-10(2)13(9-16-15(19)11(3)17)7-12-5-4-6-14(18)8-12/h4-6,8,10,13,18H,7,9H2,1-3H3,(H,16,19). The van der Waals surface area contributed by atoms with Crippen LogP contribution in [0.1, 0.15) is 26.3 Å². The predicted octanol–water partition coefficient (Wildman–Crippen LogP) is 1.91. The number of carbonyl (C=O) groups is 2. The van der Waals surface area contributed by atoms with Gasteiger partial charge in [0, 0.05) is 13.5 Å². The Morgan fingerprint density at radius 2 is 2.00 bits per heavy atom. The number of aromatic hydroxyl groups is 1. The first-order valence-corrected chi connectivity index (χ1v) is 6.46. The third-order valence-electron chi connectivity index (χ3n) is 3.20. The molecule has 0 aliphatic rings. The molecule has 1 aromatic carbocycles. The molecule has 0 saturated heterocycles. The highest BCUT2D eigenvalue weighted by molar-refractivity contribution is 6.35. The Kier molecular flexibility index (Phi) is 5.55. The number of rotatable bonds is 6. The van der Waals surface area contributed by atoms with Crippen LogP contribution in [0.25, 0.3) is 0 Å². The molecule has 0 radical (unpaired) electrons. The van der Waals surface area contributed by atoms with Crippen LogP contribution in [0.3, 0.4) is 0 Å². The maximum Gasteiger partial charge on any atom is 0.287 e. The second kappa shape index (κ2) is 6.92. The molecule has 0 spiro atoms. The minimum atomic E-state index is -0.540. The smallest absolute Gasteiger partial charge is 0.287 e. The van der Waals surface area contributed by atoms with Gasteiger partial charge in [0.2, 0.25) is 5.78 Å². The molecule has 0 aromatic heterocycles. The average molecular weight is 263 g/mol. The van der Waals surface area contributed by atoms with Gasteiger partial charge in [0.05, 0.1) is 0 Å². The molecule has 0 aliphatic carbocycles. The van der Waals surface area contributed by atoms with Crippen LogP contribution in [0.15, 0.2) is 24.3 Å². The summed E-state index contributed by atoms with van der Waals surface area (Å²) in [7, 11) is 0. The molecule has 19 heavy (non-hydrogen) atoms. The van der Waals surface area contributed by atoms with Gasteiger partial charge in [-0.15, -0.1) is 0 Å². The van der Waals surface area contributed by atoms with E-state index in [-0.39, 0.29) is 11.7 Å². The van der Waals surface area contributed by atoms with Crippen LogP contribution >= 0.6 is 0 Å². The molecule has 0 heterocycles. The van der Waals surface area contributed by atoms with Crippen LogP contribution in [0.4, 0.5) is 0 Å². The minimum absolute atomic E-state index is 0.227. The number of hydrogen-bond acceptors (Lipinski definition) is 3. The van der Waals surface area contributed by atoms with E-state index >= 15 is 0 Å². The van der Waals surface area contributed by atoms with Gasteiger partial charge < -0.3 is 10.4 Å². The van der Waals surface area contributed by atoms with Crippen molar-refractivity contribution in [2.75, 3.05) is 6.54 Å². The molecular formula is C15H21NO3. The molecule has 0 fully saturated rings. The van der Waals surface area contributed by atoms with Gasteiger partial charge in [-0.3, -0.25) is 9.59 Å². The van der Waals surface area contributed by atoms with Crippen LogP contribution in [0.2, 0.25) is 0 Å². The molecule has 104 valence electrons. The lowest BCUT2D eigenvalue weighted by atomic mass is 9.89. The summed E-state index contributed by atoms with van der Waals surface area (Å²) in [5.41, 5.74) is 1.02. The molecule has 1 atom stereocenters. The number of benzene rings is 1. The second-order valence-corrected chi connectivity index (χ2v) is 5.14. The van der Waals surface area contributed by atoms with Crippen molar-refractivity contribution in [3.05, 3.63) is 29.8 Å². The van der Waals surface area contributed by atoms with Crippen LogP contribution in [0, 0.1) is 11.8 Å². The monoisotopic (exact) mass is 263 g/mol. The Hall–Kier alpha value is -1.84. The molecule has 1 rings (SSSR count). The summed E-state index contributed by atoms with van der Waals surface area (Å²) in [4.78, 5) is 22.2. The quantitative estimate of drug-likeness (QED) is 0.770. The van der Waals surface area contributed by atoms with Crippen molar-refractivity contribution in [2.45, 2.75) is 27.2 Å². The summed E-state index contributed by atoms with van der Waals surface area (Å²) in [6, 6.07) is 7.10. The zero-order valence-corrected chi connectivity index (χ0v) is 11.6. The van der Waals surface area contributed by atoms with E-state index < -0.39 is 11.7 Å². The van der Waals surface area contributed by atoms with E-state index in [9.17, 15) is 14.7 Å². The van der Waals surface area contributed by atoms with Gasteiger partial charge in [-0.25, -0.2) is 0 Å². The van der Waals surface area contributed by atoms with Gasteiger partial charge >= 0.3 is 0 Å². The van der Waals surface area contributed by atoms with Crippen molar-refractivity contribution in [3.63, 3.8) is 0 Å². The lowest BCUT2D eigenvalue weighted by molar-refractivity contribution is -0.136. The van der Waals surface area contributed by atoms with Crippen molar-refractivity contribution >= 4 is 11.7 Å². The molecule has 0 bridgehead atoms. The third kappa shape index (κ3) is 5.12. The largest absolute Gasteiger partial charge is 0.508 e. The van der Waals surface area contributed by atoms with Crippen molar-refractivity contribution < 1.29 is 14.7 Å². The summed E-state index contributed by atoms with van der Waals surface area (Å²) in [6.45, 7) is 5.88. The molecule has 4 nitrogen and oxygen atoms in total. The maximum atomic E-state index is 11.3. The lowest BCUT2D eigenvalue weighted by Gasteiger charge is -2.21. The van der Waals surface area contributed by atoms with Gasteiger partial charge in [0.1, 0.15) is 5.75 Å². The predicted molar refractivity (Wildman–Crippen MR) is 73.8 cm³/mol. The van der Waals surface area contributed by atoms with E-state index in [1.165, 1.54) is 6.92 Å². The summed E-state index contributed by atoms with van der Waals surface area (Å²) < 4.78 is 0. The summed E-state index contributed by atoms with van der Waals surface area (Å²) in [5, 5.41) is 12.1. The first-order valence-electron chi connectivity index (χ1n) is 6.46. The van der Waals surface area contributed by atoms with Crippen molar-refractivity contribution in [1.82, 2.24) is 5.32 Å². The van der Waals surface area contributed by atoms with Gasteiger partial charge in [-0.2, -0.15) is 0 Å². The zero-order valence-electron chi connectivity index (χ0n) is 11.6. The Bertz CT molecular complexity index is 454. The first kappa shape index (κ1) is 15.2. The van der Waals surface area contributed by atoms with Gasteiger partial charge in [-0.05, 0) is 36.0 Å². The number of hydrogen-bond donors (Lipinski definition) is 2. The topological polar surface area (TPSA) is 66.4 Å². The molecule has 4 heteroatoms.